The van der Waals surface area contributed by atoms with E-state index in [4.69, 9.17) is 18.6 Å². The molecule has 180 valence electrons. The number of carbonyl (C=O) groups excluding carboxylic acids is 1. The van der Waals surface area contributed by atoms with Gasteiger partial charge in [-0.25, -0.2) is 4.79 Å². The number of fused-ring (bicyclic) bond motifs is 2. The molecule has 1 aliphatic rings. The zero-order valence-electron chi connectivity index (χ0n) is 20.6. The van der Waals surface area contributed by atoms with E-state index in [2.05, 4.69) is 0 Å². The summed E-state index contributed by atoms with van der Waals surface area (Å²) < 4.78 is 22.6. The molecule has 4 rings (SSSR count). The van der Waals surface area contributed by atoms with Gasteiger partial charge < -0.3 is 23.5 Å². The molecule has 0 fully saturated rings. The van der Waals surface area contributed by atoms with Crippen LogP contribution in [0.1, 0.15) is 43.5 Å². The quantitative estimate of drug-likeness (QED) is 0.510. The van der Waals surface area contributed by atoms with Crippen LogP contribution in [0.3, 0.4) is 0 Å². The molecule has 7 heteroatoms. The van der Waals surface area contributed by atoms with Crippen molar-refractivity contribution in [3.63, 3.8) is 0 Å². The largest absolute Gasteiger partial charge is 0.493 e. The van der Waals surface area contributed by atoms with Crippen LogP contribution in [0.2, 0.25) is 0 Å². The van der Waals surface area contributed by atoms with Gasteiger partial charge in [0, 0.05) is 29.5 Å². The molecule has 2 aromatic carbocycles. The molecule has 0 spiro atoms. The SMILES string of the molecule is COc1cc2c(cc1OC)[C@@H](COc1ccc3c(C)cc(=O)oc3c1)N(C(=O)C(C)(C)C)CC2. The molecule has 0 saturated carbocycles. The summed E-state index contributed by atoms with van der Waals surface area (Å²) in [4.78, 5) is 27.0. The highest BCUT2D eigenvalue weighted by molar-refractivity contribution is 5.83. The number of aryl methyl sites for hydroxylation is 1. The van der Waals surface area contributed by atoms with Crippen LogP contribution < -0.4 is 19.8 Å². The molecule has 0 aliphatic carbocycles. The molecular weight excluding hydrogens is 434 g/mol. The number of carbonyl (C=O) groups is 1. The predicted octanol–water partition coefficient (Wildman–Crippen LogP) is 4.67. The molecule has 7 nitrogen and oxygen atoms in total. The molecule has 0 bridgehead atoms. The van der Waals surface area contributed by atoms with E-state index in [1.165, 1.54) is 6.07 Å². The maximum absolute atomic E-state index is 13.3. The number of rotatable bonds is 5. The normalized spacial score (nSPS) is 15.7. The maximum atomic E-state index is 13.3. The van der Waals surface area contributed by atoms with Gasteiger partial charge in [0.1, 0.15) is 17.9 Å². The van der Waals surface area contributed by atoms with Crippen molar-refractivity contribution in [2.24, 2.45) is 5.41 Å². The van der Waals surface area contributed by atoms with Crippen molar-refractivity contribution in [1.82, 2.24) is 4.90 Å². The highest BCUT2D eigenvalue weighted by atomic mass is 16.5. The molecule has 0 unspecified atom stereocenters. The Balaban J connectivity index is 1.71. The first-order chi connectivity index (χ1) is 16.1. The Hall–Kier alpha value is -3.48. The fraction of sp³-hybridized carbons (Fsp3) is 0.407. The van der Waals surface area contributed by atoms with Crippen molar-refractivity contribution in [2.75, 3.05) is 27.4 Å². The van der Waals surface area contributed by atoms with Gasteiger partial charge in [0.05, 0.1) is 20.3 Å². The van der Waals surface area contributed by atoms with Crippen LogP contribution in [-0.4, -0.2) is 38.2 Å². The minimum absolute atomic E-state index is 0.0571. The molecule has 0 saturated heterocycles. The second kappa shape index (κ2) is 9.05. The summed E-state index contributed by atoms with van der Waals surface area (Å²) in [6, 6.07) is 10.5. The van der Waals surface area contributed by atoms with Crippen LogP contribution in [0.4, 0.5) is 0 Å². The van der Waals surface area contributed by atoms with Crippen molar-refractivity contribution >= 4 is 16.9 Å². The van der Waals surface area contributed by atoms with Crippen LogP contribution in [-0.2, 0) is 11.2 Å². The lowest BCUT2D eigenvalue weighted by molar-refractivity contribution is -0.143. The number of hydrogen-bond donors (Lipinski definition) is 0. The summed E-state index contributed by atoms with van der Waals surface area (Å²) in [6.07, 6.45) is 0.717. The Morgan fingerprint density at radius 2 is 1.79 bits per heavy atom. The third kappa shape index (κ3) is 4.47. The summed E-state index contributed by atoms with van der Waals surface area (Å²) in [5.74, 6) is 1.90. The molecular formula is C27H31NO6. The average Bonchev–Trinajstić information content (AvgIpc) is 2.79. The zero-order valence-corrected chi connectivity index (χ0v) is 20.6. The van der Waals surface area contributed by atoms with Gasteiger partial charge in [-0.05, 0) is 54.3 Å². The number of nitrogens with zero attached hydrogens (tertiary/aromatic N) is 1. The Kier molecular flexibility index (Phi) is 6.30. The number of amides is 1. The smallest absolute Gasteiger partial charge is 0.336 e. The van der Waals surface area contributed by atoms with E-state index in [1.807, 2.05) is 56.9 Å². The highest BCUT2D eigenvalue weighted by Gasteiger charge is 2.37. The summed E-state index contributed by atoms with van der Waals surface area (Å²) >= 11 is 0. The molecule has 1 aliphatic heterocycles. The summed E-state index contributed by atoms with van der Waals surface area (Å²) in [6.45, 7) is 8.46. The van der Waals surface area contributed by atoms with Crippen molar-refractivity contribution < 1.29 is 23.4 Å². The monoisotopic (exact) mass is 465 g/mol. The molecule has 1 atom stereocenters. The van der Waals surface area contributed by atoms with Gasteiger partial charge in [-0.3, -0.25) is 4.79 Å². The lowest BCUT2D eigenvalue weighted by Gasteiger charge is -2.40. The molecule has 3 aromatic rings. The minimum Gasteiger partial charge on any atom is -0.493 e. The predicted molar refractivity (Wildman–Crippen MR) is 130 cm³/mol. The van der Waals surface area contributed by atoms with Crippen molar-refractivity contribution in [1.29, 1.82) is 0 Å². The van der Waals surface area contributed by atoms with Gasteiger partial charge >= 0.3 is 5.63 Å². The van der Waals surface area contributed by atoms with Crippen LogP contribution in [0.15, 0.2) is 45.6 Å². The second-order valence-corrected chi connectivity index (χ2v) is 9.64. The van der Waals surface area contributed by atoms with Crippen LogP contribution in [0, 0.1) is 12.3 Å². The molecule has 34 heavy (non-hydrogen) atoms. The molecule has 0 radical (unpaired) electrons. The summed E-state index contributed by atoms with van der Waals surface area (Å²) in [5.41, 5.74) is 2.47. The van der Waals surface area contributed by atoms with E-state index in [0.29, 0.717) is 35.8 Å². The van der Waals surface area contributed by atoms with Crippen LogP contribution >= 0.6 is 0 Å². The van der Waals surface area contributed by atoms with Gasteiger partial charge in [0.25, 0.3) is 0 Å². The van der Waals surface area contributed by atoms with Gasteiger partial charge in [-0.1, -0.05) is 20.8 Å². The Bertz CT molecular complexity index is 1290. The van der Waals surface area contributed by atoms with E-state index in [-0.39, 0.29) is 18.6 Å². The van der Waals surface area contributed by atoms with E-state index >= 15 is 0 Å². The Labute approximate surface area is 199 Å². The summed E-state index contributed by atoms with van der Waals surface area (Å²) in [7, 11) is 3.21. The molecule has 1 aromatic heterocycles. The molecule has 2 heterocycles. The summed E-state index contributed by atoms with van der Waals surface area (Å²) in [5, 5.41) is 0.858. The highest BCUT2D eigenvalue weighted by Crippen LogP contribution is 2.40. The lowest BCUT2D eigenvalue weighted by atomic mass is 9.88. The minimum atomic E-state index is -0.532. The average molecular weight is 466 g/mol. The van der Waals surface area contributed by atoms with Gasteiger partial charge in [0.2, 0.25) is 5.91 Å². The molecule has 0 N–H and O–H groups in total. The third-order valence-corrected chi connectivity index (χ3v) is 6.24. The fourth-order valence-electron chi connectivity index (χ4n) is 4.45. The number of hydrogen-bond acceptors (Lipinski definition) is 6. The topological polar surface area (TPSA) is 78.2 Å². The first-order valence-corrected chi connectivity index (χ1v) is 11.4. The lowest BCUT2D eigenvalue weighted by Crippen LogP contribution is -2.47. The number of methoxy groups -OCH3 is 2. The van der Waals surface area contributed by atoms with Crippen molar-refractivity contribution in [3.8, 4) is 17.2 Å². The maximum Gasteiger partial charge on any atom is 0.336 e. The fourth-order valence-corrected chi connectivity index (χ4v) is 4.45. The van der Waals surface area contributed by atoms with E-state index < -0.39 is 11.0 Å². The number of ether oxygens (including phenoxy) is 3. The zero-order chi connectivity index (χ0) is 24.6. The first-order valence-electron chi connectivity index (χ1n) is 11.4. The van der Waals surface area contributed by atoms with E-state index in [9.17, 15) is 9.59 Å². The van der Waals surface area contributed by atoms with Crippen molar-refractivity contribution in [2.45, 2.75) is 40.2 Å². The Morgan fingerprint density at radius 3 is 2.47 bits per heavy atom. The van der Waals surface area contributed by atoms with Gasteiger partial charge in [-0.2, -0.15) is 0 Å². The number of benzene rings is 2. The van der Waals surface area contributed by atoms with Gasteiger partial charge in [0.15, 0.2) is 11.5 Å². The van der Waals surface area contributed by atoms with Crippen LogP contribution in [0.25, 0.3) is 11.0 Å². The second-order valence-electron chi connectivity index (χ2n) is 9.64. The molecule has 1 amide bonds. The first kappa shape index (κ1) is 23.7. The van der Waals surface area contributed by atoms with Crippen LogP contribution in [0.5, 0.6) is 17.2 Å². The third-order valence-electron chi connectivity index (χ3n) is 6.24. The van der Waals surface area contributed by atoms with E-state index in [0.717, 1.165) is 22.1 Å². The standard InChI is InChI=1S/C27H31NO6/c1-16-11-25(29)34-22-13-18(7-8-19(16)22)33-15-21-20-14-24(32-6)23(31-5)12-17(20)9-10-28(21)26(30)27(2,3)4/h7-8,11-14,21H,9-10,15H2,1-6H3/t21-/m1/s1. The van der Waals surface area contributed by atoms with Gasteiger partial charge in [-0.15, -0.1) is 0 Å². The van der Waals surface area contributed by atoms with E-state index in [1.54, 1.807) is 20.3 Å². The van der Waals surface area contributed by atoms with Crippen molar-refractivity contribution in [3.05, 3.63) is 63.5 Å². The Morgan fingerprint density at radius 1 is 1.09 bits per heavy atom.